The number of carbonyl (C=O) groups is 1. The summed E-state index contributed by atoms with van der Waals surface area (Å²) < 4.78 is 35.3. The number of nitrogens with zero attached hydrogens (tertiary/aromatic N) is 2. The van der Waals surface area contributed by atoms with Gasteiger partial charge in [-0.3, -0.25) is 0 Å². The molecule has 3 aromatic rings. The number of fused-ring (bicyclic) bond motifs is 1. The first kappa shape index (κ1) is 16.6. The Bertz CT molecular complexity index is 956. The summed E-state index contributed by atoms with van der Waals surface area (Å²) >= 11 is 1.85. The molecule has 0 bridgehead atoms. The van der Waals surface area contributed by atoms with E-state index in [9.17, 15) is 13.6 Å². The third kappa shape index (κ3) is 2.81. The molecule has 1 heterocycles. The Morgan fingerprint density at radius 3 is 2.75 bits per heavy atom. The predicted octanol–water partition coefficient (Wildman–Crippen LogP) is 3.99. The standard InChI is InChI=1S/C16H12F2IN3O2/c1-22-7-20-15-12(22)6-9(16(23)24-2)14(13(15)18)21-8-3-4-11(19)10(17)5-8/h3-7,21H,1-2H3. The number of ether oxygens (including phenoxy) is 1. The molecule has 0 fully saturated rings. The molecule has 1 aromatic heterocycles. The Morgan fingerprint density at radius 2 is 2.08 bits per heavy atom. The fourth-order valence-corrected chi connectivity index (χ4v) is 2.67. The summed E-state index contributed by atoms with van der Waals surface area (Å²) in [5.41, 5.74) is 0.775. The number of hydrogen-bond acceptors (Lipinski definition) is 4. The van der Waals surface area contributed by atoms with E-state index in [1.807, 2.05) is 22.6 Å². The van der Waals surface area contributed by atoms with Gasteiger partial charge in [-0.05, 0) is 46.9 Å². The van der Waals surface area contributed by atoms with Gasteiger partial charge in [0.05, 0.1) is 30.2 Å². The zero-order chi connectivity index (χ0) is 17.4. The number of esters is 1. The van der Waals surface area contributed by atoms with Gasteiger partial charge >= 0.3 is 5.97 Å². The van der Waals surface area contributed by atoms with Crippen molar-refractivity contribution in [3.8, 4) is 0 Å². The zero-order valence-electron chi connectivity index (χ0n) is 12.7. The van der Waals surface area contributed by atoms with Gasteiger partial charge in [-0.2, -0.15) is 0 Å². The molecule has 0 aliphatic rings. The van der Waals surface area contributed by atoms with E-state index in [2.05, 4.69) is 10.3 Å². The van der Waals surface area contributed by atoms with Crippen molar-refractivity contribution in [1.82, 2.24) is 9.55 Å². The van der Waals surface area contributed by atoms with Gasteiger partial charge in [0.25, 0.3) is 0 Å². The molecule has 0 unspecified atom stereocenters. The van der Waals surface area contributed by atoms with E-state index >= 15 is 0 Å². The molecule has 1 N–H and O–H groups in total. The highest BCUT2D eigenvalue weighted by Gasteiger charge is 2.22. The zero-order valence-corrected chi connectivity index (χ0v) is 14.9. The van der Waals surface area contributed by atoms with E-state index in [-0.39, 0.29) is 16.8 Å². The maximum absolute atomic E-state index is 14.9. The van der Waals surface area contributed by atoms with Gasteiger partial charge in [-0.1, -0.05) is 0 Å². The van der Waals surface area contributed by atoms with Crippen LogP contribution in [0.3, 0.4) is 0 Å². The van der Waals surface area contributed by atoms with Crippen molar-refractivity contribution in [3.05, 3.63) is 51.4 Å². The Morgan fingerprint density at radius 1 is 1.33 bits per heavy atom. The minimum Gasteiger partial charge on any atom is -0.465 e. The number of anilines is 2. The van der Waals surface area contributed by atoms with Crippen molar-refractivity contribution in [1.29, 1.82) is 0 Å². The van der Waals surface area contributed by atoms with Crippen LogP contribution in [0.2, 0.25) is 0 Å². The van der Waals surface area contributed by atoms with Gasteiger partial charge in [-0.25, -0.2) is 18.6 Å². The van der Waals surface area contributed by atoms with E-state index in [1.54, 1.807) is 23.7 Å². The summed E-state index contributed by atoms with van der Waals surface area (Å²) in [6.45, 7) is 0. The van der Waals surface area contributed by atoms with Crippen LogP contribution in [0.25, 0.3) is 11.0 Å². The highest BCUT2D eigenvalue weighted by Crippen LogP contribution is 2.31. The number of imidazole rings is 1. The van der Waals surface area contributed by atoms with Gasteiger partial charge < -0.3 is 14.6 Å². The van der Waals surface area contributed by atoms with Crippen LogP contribution in [0.5, 0.6) is 0 Å². The van der Waals surface area contributed by atoms with Gasteiger partial charge in [0.15, 0.2) is 5.82 Å². The van der Waals surface area contributed by atoms with Crippen LogP contribution in [0.1, 0.15) is 10.4 Å². The second kappa shape index (κ2) is 6.34. The van der Waals surface area contributed by atoms with Crippen LogP contribution in [0.4, 0.5) is 20.2 Å². The van der Waals surface area contributed by atoms with Crippen molar-refractivity contribution in [2.24, 2.45) is 7.05 Å². The molecule has 0 atom stereocenters. The lowest BCUT2D eigenvalue weighted by Gasteiger charge is -2.13. The highest BCUT2D eigenvalue weighted by atomic mass is 127. The summed E-state index contributed by atoms with van der Waals surface area (Å²) in [4.78, 5) is 16.0. The molecular formula is C16H12F2IN3O2. The average molecular weight is 443 g/mol. The van der Waals surface area contributed by atoms with Gasteiger partial charge in [0.2, 0.25) is 0 Å². The van der Waals surface area contributed by atoms with Crippen LogP contribution in [0, 0.1) is 15.2 Å². The number of aryl methyl sites for hydroxylation is 1. The largest absolute Gasteiger partial charge is 0.465 e. The predicted molar refractivity (Wildman–Crippen MR) is 94.4 cm³/mol. The third-order valence-corrected chi connectivity index (χ3v) is 4.43. The molecular weight excluding hydrogens is 431 g/mol. The maximum Gasteiger partial charge on any atom is 0.340 e. The monoisotopic (exact) mass is 443 g/mol. The van der Waals surface area contributed by atoms with Crippen LogP contribution in [-0.4, -0.2) is 22.6 Å². The molecule has 8 heteroatoms. The molecule has 124 valence electrons. The second-order valence-corrected chi connectivity index (χ2v) is 6.24. The number of aromatic nitrogens is 2. The van der Waals surface area contributed by atoms with E-state index < -0.39 is 17.6 Å². The first-order valence-corrected chi connectivity index (χ1v) is 7.94. The Balaban J connectivity index is 2.18. The summed E-state index contributed by atoms with van der Waals surface area (Å²) in [5.74, 6) is -1.85. The summed E-state index contributed by atoms with van der Waals surface area (Å²) in [7, 11) is 2.90. The Labute approximate surface area is 149 Å². The maximum atomic E-state index is 14.9. The van der Waals surface area contributed by atoms with Crippen molar-refractivity contribution in [3.63, 3.8) is 0 Å². The molecule has 0 spiro atoms. The quantitative estimate of drug-likeness (QED) is 0.492. The van der Waals surface area contributed by atoms with Crippen molar-refractivity contribution < 1.29 is 18.3 Å². The normalized spacial score (nSPS) is 10.9. The fraction of sp³-hybridized carbons (Fsp3) is 0.125. The van der Waals surface area contributed by atoms with Crippen molar-refractivity contribution in [2.45, 2.75) is 0 Å². The number of hydrogen-bond donors (Lipinski definition) is 1. The van der Waals surface area contributed by atoms with Crippen LogP contribution < -0.4 is 5.32 Å². The third-order valence-electron chi connectivity index (χ3n) is 3.55. The topological polar surface area (TPSA) is 56.1 Å². The number of halogens is 3. The molecule has 2 aromatic carbocycles. The first-order chi connectivity index (χ1) is 11.4. The molecule has 0 saturated carbocycles. The summed E-state index contributed by atoms with van der Waals surface area (Å²) in [5, 5.41) is 2.76. The smallest absolute Gasteiger partial charge is 0.340 e. The Kier molecular flexibility index (Phi) is 4.39. The fourth-order valence-electron chi connectivity index (χ4n) is 2.34. The number of carbonyl (C=O) groups excluding carboxylic acids is 1. The minimum absolute atomic E-state index is 0.00468. The van der Waals surface area contributed by atoms with Crippen LogP contribution in [-0.2, 0) is 11.8 Å². The van der Waals surface area contributed by atoms with Crippen LogP contribution >= 0.6 is 22.6 Å². The van der Waals surface area contributed by atoms with Gasteiger partial charge in [0.1, 0.15) is 11.3 Å². The number of methoxy groups -OCH3 is 1. The molecule has 3 rings (SSSR count). The summed E-state index contributed by atoms with van der Waals surface area (Å²) in [6.07, 6.45) is 1.45. The lowest BCUT2D eigenvalue weighted by Crippen LogP contribution is -2.08. The van der Waals surface area contributed by atoms with Crippen molar-refractivity contribution >= 4 is 51.0 Å². The first-order valence-electron chi connectivity index (χ1n) is 6.86. The SMILES string of the molecule is COC(=O)c1cc2c(ncn2C)c(F)c1Nc1ccc(I)c(F)c1. The minimum atomic E-state index is -0.703. The van der Waals surface area contributed by atoms with Gasteiger partial charge in [0, 0.05) is 16.3 Å². The lowest BCUT2D eigenvalue weighted by molar-refractivity contribution is 0.0601. The molecule has 24 heavy (non-hydrogen) atoms. The molecule has 0 radical (unpaired) electrons. The van der Waals surface area contributed by atoms with Crippen molar-refractivity contribution in [2.75, 3.05) is 12.4 Å². The van der Waals surface area contributed by atoms with Gasteiger partial charge in [-0.15, -0.1) is 0 Å². The summed E-state index contributed by atoms with van der Waals surface area (Å²) in [6, 6.07) is 5.86. The molecule has 0 amide bonds. The molecule has 0 aliphatic heterocycles. The molecule has 0 saturated heterocycles. The highest BCUT2D eigenvalue weighted by molar-refractivity contribution is 14.1. The van der Waals surface area contributed by atoms with Crippen LogP contribution in [0.15, 0.2) is 30.6 Å². The molecule has 5 nitrogen and oxygen atoms in total. The van der Waals surface area contributed by atoms with E-state index in [0.29, 0.717) is 14.8 Å². The number of rotatable bonds is 3. The average Bonchev–Trinajstić information content (AvgIpc) is 2.94. The Hall–Kier alpha value is -2.23. The van der Waals surface area contributed by atoms with E-state index in [0.717, 1.165) is 0 Å². The second-order valence-electron chi connectivity index (χ2n) is 5.08. The molecule has 0 aliphatic carbocycles. The van der Waals surface area contributed by atoms with E-state index in [1.165, 1.54) is 25.6 Å². The number of nitrogens with one attached hydrogen (secondary N) is 1. The van der Waals surface area contributed by atoms with E-state index in [4.69, 9.17) is 4.74 Å². The lowest BCUT2D eigenvalue weighted by atomic mass is 10.1. The number of benzene rings is 2.